The highest BCUT2D eigenvalue weighted by Crippen LogP contribution is 2.08. The van der Waals surface area contributed by atoms with Crippen LogP contribution >= 0.6 is 0 Å². The van der Waals surface area contributed by atoms with Crippen molar-refractivity contribution in [3.8, 4) is 0 Å². The summed E-state index contributed by atoms with van der Waals surface area (Å²) in [6.45, 7) is 0.391. The summed E-state index contributed by atoms with van der Waals surface area (Å²) in [5.74, 6) is -0.868. The molecule has 1 rings (SSSR count). The van der Waals surface area contributed by atoms with Crippen LogP contribution in [0.15, 0.2) is 30.3 Å². The fraction of sp³-hybridized carbons (Fsp3) is 0.500. The molecule has 0 aromatic heterocycles. The van der Waals surface area contributed by atoms with Crippen molar-refractivity contribution in [2.24, 2.45) is 0 Å². The molecule has 3 amide bonds. The molecule has 1 aromatic rings. The molecule has 25 heavy (non-hydrogen) atoms. The summed E-state index contributed by atoms with van der Waals surface area (Å²) in [6, 6.07) is 9.01. The highest BCUT2D eigenvalue weighted by atomic mass is 16.4. The van der Waals surface area contributed by atoms with Gasteiger partial charge in [0, 0.05) is 39.5 Å². The Morgan fingerprint density at radius 2 is 1.80 bits per heavy atom. The van der Waals surface area contributed by atoms with E-state index in [0.717, 1.165) is 5.56 Å². The quantitative estimate of drug-likeness (QED) is 0.559. The van der Waals surface area contributed by atoms with Gasteiger partial charge in [-0.05, 0) is 24.8 Å². The maximum absolute atomic E-state index is 12.0. The van der Waals surface area contributed by atoms with Crippen LogP contribution < -0.4 is 10.6 Å². The van der Waals surface area contributed by atoms with Gasteiger partial charge in [-0.15, -0.1) is 0 Å². The zero-order valence-electron chi connectivity index (χ0n) is 14.8. The first-order valence-electron chi connectivity index (χ1n) is 8.38. The average Bonchev–Trinajstić information content (AvgIpc) is 2.57. The minimum Gasteiger partial charge on any atom is -0.481 e. The normalized spacial score (nSPS) is 11.4. The molecule has 3 N–H and O–H groups in total. The van der Waals surface area contributed by atoms with Crippen molar-refractivity contribution in [2.45, 2.75) is 38.1 Å². The van der Waals surface area contributed by atoms with Gasteiger partial charge in [0.05, 0.1) is 0 Å². The van der Waals surface area contributed by atoms with E-state index in [0.29, 0.717) is 32.2 Å². The average molecular weight is 349 g/mol. The largest absolute Gasteiger partial charge is 0.481 e. The summed E-state index contributed by atoms with van der Waals surface area (Å²) < 4.78 is 0. The molecule has 7 heteroatoms. The second-order valence-corrected chi connectivity index (χ2v) is 6.11. The Morgan fingerprint density at radius 3 is 2.40 bits per heavy atom. The van der Waals surface area contributed by atoms with Crippen molar-refractivity contribution < 1.29 is 19.5 Å². The zero-order valence-corrected chi connectivity index (χ0v) is 14.8. The Labute approximate surface area is 148 Å². The summed E-state index contributed by atoms with van der Waals surface area (Å²) >= 11 is 0. The summed E-state index contributed by atoms with van der Waals surface area (Å²) in [5, 5.41) is 14.4. The Bertz CT molecular complexity index is 561. The van der Waals surface area contributed by atoms with Gasteiger partial charge in [-0.25, -0.2) is 4.79 Å². The number of benzene rings is 1. The van der Waals surface area contributed by atoms with Crippen molar-refractivity contribution in [1.82, 2.24) is 15.5 Å². The number of rotatable bonds is 10. The monoisotopic (exact) mass is 349 g/mol. The molecule has 0 spiro atoms. The van der Waals surface area contributed by atoms with E-state index in [1.165, 1.54) is 4.90 Å². The number of aliphatic carboxylic acids is 1. The Hall–Kier alpha value is -2.57. The van der Waals surface area contributed by atoms with Crippen molar-refractivity contribution in [3.63, 3.8) is 0 Å². The van der Waals surface area contributed by atoms with Gasteiger partial charge in [-0.2, -0.15) is 0 Å². The van der Waals surface area contributed by atoms with Crippen LogP contribution in [0, 0.1) is 0 Å². The van der Waals surface area contributed by atoms with Crippen LogP contribution in [0.1, 0.15) is 31.2 Å². The second-order valence-electron chi connectivity index (χ2n) is 6.11. The summed E-state index contributed by atoms with van der Waals surface area (Å²) in [6.07, 6.45) is 1.86. The lowest BCUT2D eigenvalue weighted by atomic mass is 10.0. The molecule has 0 radical (unpaired) electrons. The third kappa shape index (κ3) is 9.34. The number of nitrogens with zero attached hydrogens (tertiary/aromatic N) is 1. The maximum Gasteiger partial charge on any atom is 0.315 e. The molecule has 0 heterocycles. The van der Waals surface area contributed by atoms with Gasteiger partial charge in [0.15, 0.2) is 0 Å². The molecule has 1 atom stereocenters. The van der Waals surface area contributed by atoms with Gasteiger partial charge in [-0.1, -0.05) is 30.3 Å². The van der Waals surface area contributed by atoms with Crippen LogP contribution in [0.4, 0.5) is 4.79 Å². The van der Waals surface area contributed by atoms with Crippen molar-refractivity contribution in [1.29, 1.82) is 0 Å². The molecule has 0 saturated heterocycles. The Morgan fingerprint density at radius 1 is 1.12 bits per heavy atom. The molecule has 1 aromatic carbocycles. The molecule has 7 nitrogen and oxygen atoms in total. The molecule has 0 bridgehead atoms. The maximum atomic E-state index is 12.0. The minimum absolute atomic E-state index is 0.00484. The highest BCUT2D eigenvalue weighted by molar-refractivity contribution is 5.76. The number of carboxylic acids is 1. The number of urea groups is 1. The number of hydrogen-bond acceptors (Lipinski definition) is 3. The molecule has 0 fully saturated rings. The molecule has 0 aliphatic rings. The fourth-order valence-electron chi connectivity index (χ4n) is 2.32. The van der Waals surface area contributed by atoms with E-state index in [2.05, 4.69) is 10.6 Å². The molecular formula is C18H27N3O4. The minimum atomic E-state index is -0.887. The van der Waals surface area contributed by atoms with E-state index in [9.17, 15) is 14.4 Å². The summed E-state index contributed by atoms with van der Waals surface area (Å²) in [5.41, 5.74) is 1.04. The van der Waals surface area contributed by atoms with Gasteiger partial charge in [-0.3, -0.25) is 9.59 Å². The number of carboxylic acid groups (broad SMARTS) is 1. The number of hydrogen-bond donors (Lipinski definition) is 3. The molecule has 0 aliphatic heterocycles. The topological polar surface area (TPSA) is 98.7 Å². The fourth-order valence-corrected chi connectivity index (χ4v) is 2.32. The summed E-state index contributed by atoms with van der Waals surface area (Å²) in [4.78, 5) is 35.8. The van der Waals surface area contributed by atoms with Crippen LogP contribution in [0.3, 0.4) is 0 Å². The lowest BCUT2D eigenvalue weighted by Gasteiger charge is -2.19. The van der Waals surface area contributed by atoms with E-state index in [-0.39, 0.29) is 24.4 Å². The second kappa shape index (κ2) is 11.1. The SMILES string of the molecule is CN(C)C(=O)CCCNC(=O)NC(CCC(=O)O)Cc1ccccc1. The van der Waals surface area contributed by atoms with Gasteiger partial charge in [0.1, 0.15) is 0 Å². The molecule has 0 saturated carbocycles. The van der Waals surface area contributed by atoms with Crippen LogP contribution in [-0.4, -0.2) is 54.6 Å². The van der Waals surface area contributed by atoms with Gasteiger partial charge in [0.2, 0.25) is 5.91 Å². The first-order valence-corrected chi connectivity index (χ1v) is 8.38. The molecule has 138 valence electrons. The third-order valence-electron chi connectivity index (χ3n) is 3.72. The van der Waals surface area contributed by atoms with Crippen molar-refractivity contribution >= 4 is 17.9 Å². The van der Waals surface area contributed by atoms with Crippen molar-refractivity contribution in [2.75, 3.05) is 20.6 Å². The van der Waals surface area contributed by atoms with E-state index < -0.39 is 5.97 Å². The molecular weight excluding hydrogens is 322 g/mol. The highest BCUT2D eigenvalue weighted by Gasteiger charge is 2.14. The number of amides is 3. The van der Waals surface area contributed by atoms with E-state index >= 15 is 0 Å². The molecule has 0 aliphatic carbocycles. The number of carbonyl (C=O) groups is 3. The van der Waals surface area contributed by atoms with Crippen LogP contribution in [-0.2, 0) is 16.0 Å². The summed E-state index contributed by atoms with van der Waals surface area (Å²) in [7, 11) is 3.39. The lowest BCUT2D eigenvalue weighted by molar-refractivity contribution is -0.137. The van der Waals surface area contributed by atoms with Gasteiger partial charge in [0.25, 0.3) is 0 Å². The Kier molecular flexibility index (Phi) is 9.06. The van der Waals surface area contributed by atoms with E-state index in [1.54, 1.807) is 14.1 Å². The predicted molar refractivity (Wildman–Crippen MR) is 95.3 cm³/mol. The standard InChI is InChI=1S/C18H27N3O4/c1-21(2)16(22)9-6-12-19-18(25)20-15(10-11-17(23)24)13-14-7-4-3-5-8-14/h3-5,7-8,15H,6,9-13H2,1-2H3,(H,23,24)(H2,19,20,25). The van der Waals surface area contributed by atoms with Crippen molar-refractivity contribution in [3.05, 3.63) is 35.9 Å². The van der Waals surface area contributed by atoms with E-state index in [4.69, 9.17) is 5.11 Å². The smallest absolute Gasteiger partial charge is 0.315 e. The van der Waals surface area contributed by atoms with Gasteiger partial charge < -0.3 is 20.6 Å². The molecule has 1 unspecified atom stereocenters. The number of nitrogens with one attached hydrogen (secondary N) is 2. The predicted octanol–water partition coefficient (Wildman–Crippen LogP) is 1.63. The van der Waals surface area contributed by atoms with Crippen LogP contribution in [0.5, 0.6) is 0 Å². The van der Waals surface area contributed by atoms with E-state index in [1.807, 2.05) is 30.3 Å². The first-order chi connectivity index (χ1) is 11.9. The zero-order chi connectivity index (χ0) is 18.7. The third-order valence-corrected chi connectivity index (χ3v) is 3.72. The Balaban J connectivity index is 2.42. The van der Waals surface area contributed by atoms with Gasteiger partial charge >= 0.3 is 12.0 Å². The lowest BCUT2D eigenvalue weighted by Crippen LogP contribution is -2.43. The first kappa shape index (κ1) is 20.5. The number of carbonyl (C=O) groups excluding carboxylic acids is 2. The van der Waals surface area contributed by atoms with Crippen LogP contribution in [0.2, 0.25) is 0 Å². The van der Waals surface area contributed by atoms with Crippen LogP contribution in [0.25, 0.3) is 0 Å².